The Hall–Kier alpha value is -2.82. The van der Waals surface area contributed by atoms with Crippen LogP contribution in [0.2, 0.25) is 0 Å². The van der Waals surface area contributed by atoms with Gasteiger partial charge in [-0.15, -0.1) is 0 Å². The van der Waals surface area contributed by atoms with Crippen molar-refractivity contribution in [3.63, 3.8) is 0 Å². The molecule has 3 rings (SSSR count). The number of aryl methyl sites for hydroxylation is 1. The van der Waals surface area contributed by atoms with E-state index in [-0.39, 0.29) is 16.5 Å². The van der Waals surface area contributed by atoms with Gasteiger partial charge >= 0.3 is 5.70 Å². The summed E-state index contributed by atoms with van der Waals surface area (Å²) in [6.07, 6.45) is 0.866. The van der Waals surface area contributed by atoms with Crippen LogP contribution in [0.3, 0.4) is 0 Å². The highest BCUT2D eigenvalue weighted by atomic mass is 16.6. The molecule has 2 aromatic carbocycles. The van der Waals surface area contributed by atoms with E-state index < -0.39 is 5.92 Å². The van der Waals surface area contributed by atoms with Crippen LogP contribution in [-0.4, -0.2) is 12.0 Å². The standard InChI is InChI=1S/C18H18N2O3/c1-3-12-9-10-15-14(11-12)16(13-7-5-4-6-8-13)17(20(21)22)18(19-2)23-15/h4-11,16,19H,3H2,1-2H3. The number of nitrogens with one attached hydrogen (secondary N) is 1. The molecule has 5 nitrogen and oxygen atoms in total. The summed E-state index contributed by atoms with van der Waals surface area (Å²) in [4.78, 5) is 11.3. The van der Waals surface area contributed by atoms with Crippen molar-refractivity contribution in [2.45, 2.75) is 19.3 Å². The van der Waals surface area contributed by atoms with E-state index in [1.165, 1.54) is 0 Å². The van der Waals surface area contributed by atoms with Crippen LogP contribution in [0.4, 0.5) is 0 Å². The van der Waals surface area contributed by atoms with Gasteiger partial charge in [-0.2, -0.15) is 0 Å². The van der Waals surface area contributed by atoms with Gasteiger partial charge in [0.25, 0.3) is 5.88 Å². The van der Waals surface area contributed by atoms with Gasteiger partial charge in [0.1, 0.15) is 11.7 Å². The number of benzene rings is 2. The zero-order valence-corrected chi connectivity index (χ0v) is 13.1. The number of rotatable bonds is 4. The van der Waals surface area contributed by atoms with Crippen molar-refractivity contribution in [2.24, 2.45) is 0 Å². The van der Waals surface area contributed by atoms with Gasteiger partial charge in [0.05, 0.1) is 4.92 Å². The highest BCUT2D eigenvalue weighted by Crippen LogP contribution is 2.43. The summed E-state index contributed by atoms with van der Waals surface area (Å²) in [7, 11) is 1.63. The average molecular weight is 310 g/mol. The number of ether oxygens (including phenoxy) is 1. The molecule has 0 saturated carbocycles. The Morgan fingerprint density at radius 1 is 1.22 bits per heavy atom. The minimum absolute atomic E-state index is 0.0412. The van der Waals surface area contributed by atoms with E-state index in [1.807, 2.05) is 48.5 Å². The molecule has 1 heterocycles. The first-order chi connectivity index (χ1) is 11.2. The first-order valence-electron chi connectivity index (χ1n) is 7.57. The molecule has 23 heavy (non-hydrogen) atoms. The third-order valence-corrected chi connectivity index (χ3v) is 4.07. The van der Waals surface area contributed by atoms with Crippen LogP contribution >= 0.6 is 0 Å². The quantitative estimate of drug-likeness (QED) is 0.694. The monoisotopic (exact) mass is 310 g/mol. The molecule has 0 fully saturated rings. The third-order valence-electron chi connectivity index (χ3n) is 4.07. The second kappa shape index (κ2) is 6.12. The molecular formula is C18H18N2O3. The fraction of sp³-hybridized carbons (Fsp3) is 0.222. The Bertz CT molecular complexity index is 769. The fourth-order valence-electron chi connectivity index (χ4n) is 2.93. The Kier molecular flexibility index (Phi) is 4.02. The summed E-state index contributed by atoms with van der Waals surface area (Å²) in [5, 5.41) is 14.5. The number of nitrogens with zero attached hydrogens (tertiary/aromatic N) is 1. The summed E-state index contributed by atoms with van der Waals surface area (Å²) in [5.41, 5.74) is 2.88. The van der Waals surface area contributed by atoms with E-state index in [1.54, 1.807) is 7.05 Å². The van der Waals surface area contributed by atoms with Crippen LogP contribution in [0.1, 0.15) is 29.5 Å². The van der Waals surface area contributed by atoms with Crippen molar-refractivity contribution < 1.29 is 9.66 Å². The van der Waals surface area contributed by atoms with Crippen molar-refractivity contribution in [3.8, 4) is 5.75 Å². The molecule has 1 unspecified atom stereocenters. The first-order valence-corrected chi connectivity index (χ1v) is 7.57. The Labute approximate surface area is 134 Å². The molecule has 1 aliphatic rings. The van der Waals surface area contributed by atoms with Gasteiger partial charge in [-0.05, 0) is 23.6 Å². The predicted octanol–water partition coefficient (Wildman–Crippen LogP) is 3.44. The molecule has 1 atom stereocenters. The van der Waals surface area contributed by atoms with E-state index in [4.69, 9.17) is 4.74 Å². The molecule has 0 radical (unpaired) electrons. The zero-order valence-electron chi connectivity index (χ0n) is 13.1. The van der Waals surface area contributed by atoms with E-state index in [9.17, 15) is 10.1 Å². The lowest BCUT2D eigenvalue weighted by Gasteiger charge is -2.26. The lowest BCUT2D eigenvalue weighted by atomic mass is 9.85. The molecule has 118 valence electrons. The third kappa shape index (κ3) is 2.65. The maximum Gasteiger partial charge on any atom is 0.317 e. The topological polar surface area (TPSA) is 64.4 Å². The van der Waals surface area contributed by atoms with Gasteiger partial charge in [0, 0.05) is 12.6 Å². The number of allylic oxidation sites excluding steroid dienone is 1. The molecule has 1 N–H and O–H groups in total. The average Bonchev–Trinajstić information content (AvgIpc) is 2.60. The number of hydrogen-bond acceptors (Lipinski definition) is 4. The second-order valence-corrected chi connectivity index (χ2v) is 5.39. The van der Waals surface area contributed by atoms with Gasteiger partial charge in [0.2, 0.25) is 0 Å². The van der Waals surface area contributed by atoms with Crippen LogP contribution in [0.15, 0.2) is 60.1 Å². The Balaban J connectivity index is 2.25. The minimum Gasteiger partial charge on any atom is -0.435 e. The molecular weight excluding hydrogens is 292 g/mol. The van der Waals surface area contributed by atoms with Crippen molar-refractivity contribution in [1.29, 1.82) is 0 Å². The van der Waals surface area contributed by atoms with E-state index in [0.29, 0.717) is 5.75 Å². The molecule has 1 aliphatic heterocycles. The van der Waals surface area contributed by atoms with Crippen LogP contribution in [-0.2, 0) is 6.42 Å². The molecule has 0 amide bonds. The number of hydrogen-bond donors (Lipinski definition) is 1. The smallest absolute Gasteiger partial charge is 0.317 e. The van der Waals surface area contributed by atoms with Crippen LogP contribution in [0.25, 0.3) is 0 Å². The van der Waals surface area contributed by atoms with Crippen molar-refractivity contribution in [1.82, 2.24) is 5.32 Å². The van der Waals surface area contributed by atoms with Crippen LogP contribution < -0.4 is 10.1 Å². The molecule has 5 heteroatoms. The minimum atomic E-state index is -0.455. The van der Waals surface area contributed by atoms with Gasteiger partial charge in [-0.3, -0.25) is 10.1 Å². The van der Waals surface area contributed by atoms with Crippen LogP contribution in [0, 0.1) is 10.1 Å². The number of nitro groups is 1. The largest absolute Gasteiger partial charge is 0.435 e. The highest BCUT2D eigenvalue weighted by Gasteiger charge is 2.39. The summed E-state index contributed by atoms with van der Waals surface area (Å²) in [5.74, 6) is 0.399. The Morgan fingerprint density at radius 2 is 1.96 bits per heavy atom. The lowest BCUT2D eigenvalue weighted by Crippen LogP contribution is -2.27. The van der Waals surface area contributed by atoms with Crippen molar-refractivity contribution in [2.75, 3.05) is 7.05 Å². The SMILES string of the molecule is CCc1ccc2c(c1)C(c1ccccc1)C([N+](=O)[O-])=C(NC)O2. The van der Waals surface area contributed by atoms with E-state index >= 15 is 0 Å². The predicted molar refractivity (Wildman–Crippen MR) is 87.8 cm³/mol. The van der Waals surface area contributed by atoms with Gasteiger partial charge in [-0.1, -0.05) is 49.4 Å². The highest BCUT2D eigenvalue weighted by molar-refractivity contribution is 5.51. The first kappa shape index (κ1) is 15.1. The molecule has 0 aromatic heterocycles. The lowest BCUT2D eigenvalue weighted by molar-refractivity contribution is -0.432. The normalized spacial score (nSPS) is 16.5. The van der Waals surface area contributed by atoms with Crippen LogP contribution in [0.5, 0.6) is 5.75 Å². The molecule has 0 aliphatic carbocycles. The van der Waals surface area contributed by atoms with Crippen molar-refractivity contribution >= 4 is 0 Å². The maximum absolute atomic E-state index is 11.7. The summed E-state index contributed by atoms with van der Waals surface area (Å²) >= 11 is 0. The van der Waals surface area contributed by atoms with Gasteiger partial charge in [0.15, 0.2) is 0 Å². The van der Waals surface area contributed by atoms with Gasteiger partial charge in [-0.25, -0.2) is 0 Å². The Morgan fingerprint density at radius 3 is 2.57 bits per heavy atom. The zero-order chi connectivity index (χ0) is 16.4. The maximum atomic E-state index is 11.7. The molecule has 0 saturated heterocycles. The summed E-state index contributed by atoms with van der Waals surface area (Å²) in [6.45, 7) is 2.06. The van der Waals surface area contributed by atoms with E-state index in [0.717, 1.165) is 23.1 Å². The second-order valence-electron chi connectivity index (χ2n) is 5.39. The summed E-state index contributed by atoms with van der Waals surface area (Å²) in [6, 6.07) is 15.4. The summed E-state index contributed by atoms with van der Waals surface area (Å²) < 4.78 is 5.73. The molecule has 2 aromatic rings. The molecule has 0 bridgehead atoms. The number of fused-ring (bicyclic) bond motifs is 1. The van der Waals surface area contributed by atoms with Crippen molar-refractivity contribution in [3.05, 3.63) is 86.9 Å². The van der Waals surface area contributed by atoms with E-state index in [2.05, 4.69) is 12.2 Å². The van der Waals surface area contributed by atoms with Gasteiger partial charge < -0.3 is 10.1 Å². The fourth-order valence-corrected chi connectivity index (χ4v) is 2.93. The molecule has 0 spiro atoms.